The number of fused-ring (bicyclic) bond motifs is 1. The lowest BCUT2D eigenvalue weighted by atomic mass is 10.3. The minimum Gasteiger partial charge on any atom is -0.262 e. The van der Waals surface area contributed by atoms with Crippen LogP contribution in [0.4, 0.5) is 5.69 Å². The fraction of sp³-hybridized carbons (Fsp3) is 0. The van der Waals surface area contributed by atoms with Crippen molar-refractivity contribution in [2.75, 3.05) is 5.17 Å². The van der Waals surface area contributed by atoms with Gasteiger partial charge in [0.2, 0.25) is 0 Å². The van der Waals surface area contributed by atoms with Crippen LogP contribution in [-0.4, -0.2) is 13.0 Å². The zero-order chi connectivity index (χ0) is 10.2. The van der Waals surface area contributed by atoms with E-state index in [0.29, 0.717) is 5.69 Å². The number of nitrogens with one attached hydrogen (secondary N) is 1. The number of para-hydroxylation sites is 1. The summed E-state index contributed by atoms with van der Waals surface area (Å²) in [5.74, 6) is 0. The summed E-state index contributed by atoms with van der Waals surface area (Å²) in [5.41, 5.74) is 0.537. The first kappa shape index (κ1) is 9.74. The Hall–Kier alpha value is -0.800. The maximum Gasteiger partial charge on any atom is 0.419 e. The summed E-state index contributed by atoms with van der Waals surface area (Å²) in [7, 11) is -4.50. The summed E-state index contributed by atoms with van der Waals surface area (Å²) in [5, 5.41) is 0.884. The van der Waals surface area contributed by atoms with Crippen LogP contribution in [0.15, 0.2) is 29.2 Å². The Kier molecular flexibility index (Phi) is 2.37. The van der Waals surface area contributed by atoms with Crippen molar-refractivity contribution in [3.8, 4) is 0 Å². The van der Waals surface area contributed by atoms with E-state index in [-0.39, 0.29) is 0 Å². The van der Waals surface area contributed by atoms with Crippen molar-refractivity contribution in [3.05, 3.63) is 24.3 Å². The minimum atomic E-state index is -4.50. The number of hydrogen-bond donors (Lipinski definition) is 2. The fourth-order valence-corrected chi connectivity index (χ4v) is 2.07. The molecule has 8 heteroatoms. The predicted molar refractivity (Wildman–Crippen MR) is 50.5 cm³/mol. The van der Waals surface area contributed by atoms with Crippen molar-refractivity contribution < 1.29 is 17.3 Å². The summed E-state index contributed by atoms with van der Waals surface area (Å²) >= 11 is 1.19. The summed E-state index contributed by atoms with van der Waals surface area (Å²) < 4.78 is 33.6. The lowest BCUT2D eigenvalue weighted by Crippen LogP contribution is -2.31. The average molecular weight is 234 g/mol. The van der Waals surface area contributed by atoms with Gasteiger partial charge >= 0.3 is 10.4 Å². The van der Waals surface area contributed by atoms with Gasteiger partial charge in [0.25, 0.3) is 0 Å². The van der Waals surface area contributed by atoms with Gasteiger partial charge in [-0.15, -0.1) is 9.11 Å². The Morgan fingerprint density at radius 2 is 2.14 bits per heavy atom. The van der Waals surface area contributed by atoms with E-state index in [2.05, 4.69) is 9.11 Å². The Bertz CT molecular complexity index is 447. The number of benzene rings is 1. The molecule has 76 valence electrons. The van der Waals surface area contributed by atoms with Gasteiger partial charge in [-0.25, -0.2) is 0 Å². The Balaban J connectivity index is 2.27. The molecule has 1 aromatic carbocycles. The summed E-state index contributed by atoms with van der Waals surface area (Å²) in [6.07, 6.45) is 0. The van der Waals surface area contributed by atoms with Gasteiger partial charge in [-0.1, -0.05) is 12.1 Å². The van der Waals surface area contributed by atoms with E-state index in [9.17, 15) is 8.42 Å². The van der Waals surface area contributed by atoms with E-state index in [0.717, 1.165) is 10.1 Å². The molecule has 1 heterocycles. The molecule has 1 aliphatic rings. The maximum atomic E-state index is 10.4. The third kappa shape index (κ3) is 1.99. The molecule has 0 fully saturated rings. The molecule has 0 bridgehead atoms. The molecule has 6 nitrogen and oxygen atoms in total. The second-order valence-corrected chi connectivity index (χ2v) is 4.29. The van der Waals surface area contributed by atoms with Crippen LogP contribution in [0.3, 0.4) is 0 Å². The fourth-order valence-electron chi connectivity index (χ4n) is 1.00. The van der Waals surface area contributed by atoms with Gasteiger partial charge in [0, 0.05) is 0 Å². The number of hydrogen-bond acceptors (Lipinski definition) is 6. The molecule has 0 radical (unpaired) electrons. The molecule has 0 unspecified atom stereocenters. The highest BCUT2D eigenvalue weighted by Crippen LogP contribution is 2.34. The quantitative estimate of drug-likeness (QED) is 0.577. The third-order valence-electron chi connectivity index (χ3n) is 1.49. The second-order valence-electron chi connectivity index (χ2n) is 2.46. The minimum absolute atomic E-state index is 0.537. The van der Waals surface area contributed by atoms with Crippen LogP contribution in [-0.2, 0) is 14.7 Å². The summed E-state index contributed by atoms with van der Waals surface area (Å²) in [6, 6.07) is 6.99. The normalized spacial score (nSPS) is 15.6. The van der Waals surface area contributed by atoms with E-state index >= 15 is 0 Å². The zero-order valence-electron chi connectivity index (χ0n) is 6.75. The van der Waals surface area contributed by atoms with Crippen molar-refractivity contribution in [3.63, 3.8) is 0 Å². The number of anilines is 1. The third-order valence-corrected chi connectivity index (χ3v) is 2.65. The molecule has 0 saturated heterocycles. The smallest absolute Gasteiger partial charge is 0.262 e. The first-order valence-electron chi connectivity index (χ1n) is 3.55. The van der Waals surface area contributed by atoms with Crippen LogP contribution < -0.4 is 10.0 Å². The highest BCUT2D eigenvalue weighted by Gasteiger charge is 2.24. The van der Waals surface area contributed by atoms with Crippen molar-refractivity contribution in [1.29, 1.82) is 0 Å². The molecule has 0 atom stereocenters. The highest BCUT2D eigenvalue weighted by atomic mass is 32.3. The summed E-state index contributed by atoms with van der Waals surface area (Å²) in [4.78, 5) is 3.38. The van der Waals surface area contributed by atoms with Gasteiger partial charge in [-0.3, -0.25) is 4.55 Å². The molecule has 2 rings (SSSR count). The van der Waals surface area contributed by atoms with Gasteiger partial charge < -0.3 is 0 Å². The van der Waals surface area contributed by atoms with E-state index in [4.69, 9.17) is 4.55 Å². The number of rotatable bonds is 2. The zero-order valence-corrected chi connectivity index (χ0v) is 8.38. The van der Waals surface area contributed by atoms with E-state index in [1.54, 1.807) is 18.2 Å². The first-order valence-corrected chi connectivity index (χ1v) is 5.73. The lowest BCUT2D eigenvalue weighted by Gasteiger charge is -2.13. The summed E-state index contributed by atoms with van der Waals surface area (Å²) in [6.45, 7) is 0. The van der Waals surface area contributed by atoms with Crippen LogP contribution in [0.2, 0.25) is 0 Å². The molecule has 14 heavy (non-hydrogen) atoms. The van der Waals surface area contributed by atoms with Crippen molar-refractivity contribution >= 4 is 28.0 Å². The van der Waals surface area contributed by atoms with Gasteiger partial charge in [0.05, 0.1) is 10.6 Å². The van der Waals surface area contributed by atoms with Crippen LogP contribution in [0.1, 0.15) is 0 Å². The first-order chi connectivity index (χ1) is 6.56. The average Bonchev–Trinajstić information content (AvgIpc) is 2.47. The lowest BCUT2D eigenvalue weighted by molar-refractivity contribution is 0.235. The molecule has 0 saturated carbocycles. The molecule has 0 amide bonds. The second kappa shape index (κ2) is 3.41. The Labute approximate surface area is 84.9 Å². The van der Waals surface area contributed by atoms with Crippen molar-refractivity contribution in [1.82, 2.24) is 4.83 Å². The van der Waals surface area contributed by atoms with Crippen LogP contribution >= 0.6 is 11.9 Å². The molecule has 1 aliphatic heterocycles. The largest absolute Gasteiger partial charge is 0.419 e. The molecule has 2 N–H and O–H groups in total. The van der Waals surface area contributed by atoms with E-state index in [1.165, 1.54) is 11.9 Å². The molecule has 0 aromatic heterocycles. The SMILES string of the molecule is O=S(=O)(O)ON1NSc2ccccc21. The standard InChI is InChI=1S/C6H6N2O4S2/c9-14(10,11)12-8-5-3-1-2-4-6(5)13-7-8/h1-4,7H,(H,9,10,11). The van der Waals surface area contributed by atoms with E-state index in [1.807, 2.05) is 6.07 Å². The predicted octanol–water partition coefficient (Wildman–Crippen LogP) is 0.753. The van der Waals surface area contributed by atoms with Crippen molar-refractivity contribution in [2.45, 2.75) is 4.90 Å². The highest BCUT2D eigenvalue weighted by molar-refractivity contribution is 7.98. The van der Waals surface area contributed by atoms with Crippen molar-refractivity contribution in [2.24, 2.45) is 0 Å². The van der Waals surface area contributed by atoms with Gasteiger partial charge in [0.1, 0.15) is 0 Å². The molecular formula is C6H6N2O4S2. The molecule has 0 spiro atoms. The molecule has 0 aliphatic carbocycles. The number of nitrogens with zero attached hydrogens (tertiary/aromatic N) is 1. The Morgan fingerprint density at radius 3 is 2.86 bits per heavy atom. The molecular weight excluding hydrogens is 228 g/mol. The van der Waals surface area contributed by atoms with E-state index < -0.39 is 10.4 Å². The maximum absolute atomic E-state index is 10.4. The van der Waals surface area contributed by atoms with Crippen LogP contribution in [0.5, 0.6) is 0 Å². The van der Waals surface area contributed by atoms with Gasteiger partial charge in [-0.2, -0.15) is 13.6 Å². The molecule has 1 aromatic rings. The topological polar surface area (TPSA) is 78.9 Å². The van der Waals surface area contributed by atoms with Gasteiger partial charge in [0.15, 0.2) is 0 Å². The van der Waals surface area contributed by atoms with Crippen LogP contribution in [0, 0.1) is 0 Å². The monoisotopic (exact) mass is 234 g/mol. The van der Waals surface area contributed by atoms with Crippen LogP contribution in [0.25, 0.3) is 0 Å². The number of hydrazine groups is 1. The Morgan fingerprint density at radius 1 is 1.43 bits per heavy atom. The van der Waals surface area contributed by atoms with Gasteiger partial charge in [-0.05, 0) is 24.1 Å².